The molecule has 0 radical (unpaired) electrons. The summed E-state index contributed by atoms with van der Waals surface area (Å²) in [7, 11) is 2.75. The van der Waals surface area contributed by atoms with Crippen molar-refractivity contribution >= 4 is 16.9 Å². The first-order chi connectivity index (χ1) is 13.7. The number of alkyl halides is 3. The van der Waals surface area contributed by atoms with Gasteiger partial charge in [0.2, 0.25) is 5.43 Å². The number of nitrogens with one attached hydrogen (secondary N) is 1. The summed E-state index contributed by atoms with van der Waals surface area (Å²) in [4.78, 5) is 26.6. The van der Waals surface area contributed by atoms with E-state index in [1.54, 1.807) is 0 Å². The number of halogens is 3. The van der Waals surface area contributed by atoms with Gasteiger partial charge in [-0.15, -0.1) is 0 Å². The fraction of sp³-hybridized carbons (Fsp3) is 0.200. The summed E-state index contributed by atoms with van der Waals surface area (Å²) in [5.74, 6) is -0.888. The number of benzene rings is 2. The predicted molar refractivity (Wildman–Crippen MR) is 98.9 cm³/mol. The van der Waals surface area contributed by atoms with E-state index in [1.807, 2.05) is 0 Å². The van der Waals surface area contributed by atoms with Gasteiger partial charge < -0.3 is 19.6 Å². The number of pyridine rings is 1. The second-order valence-corrected chi connectivity index (χ2v) is 6.22. The highest BCUT2D eigenvalue weighted by atomic mass is 19.4. The van der Waals surface area contributed by atoms with Crippen molar-refractivity contribution in [2.45, 2.75) is 12.6 Å². The molecule has 3 aromatic rings. The molecule has 1 heterocycles. The molecule has 0 aliphatic heterocycles. The standard InChI is InChI=1S/C20H16F3NO5/c1-28-15-8-12-16(24-9-14(17(12)25)19(26)27)13(18(15)29-2)7-10-3-5-11(6-4-10)20(21,22)23/h3-6,8-9H,7H2,1-2H3,(H,24,25)(H,26,27). The normalized spacial score (nSPS) is 11.5. The Morgan fingerprint density at radius 2 is 1.79 bits per heavy atom. The molecular weight excluding hydrogens is 391 g/mol. The lowest BCUT2D eigenvalue weighted by Gasteiger charge is -2.16. The van der Waals surface area contributed by atoms with Crippen molar-refractivity contribution in [1.29, 1.82) is 0 Å². The molecule has 0 fully saturated rings. The number of ether oxygens (including phenoxy) is 2. The molecule has 0 bridgehead atoms. The number of rotatable bonds is 5. The molecule has 9 heteroatoms. The van der Waals surface area contributed by atoms with Gasteiger partial charge in [-0.25, -0.2) is 4.79 Å². The SMILES string of the molecule is COc1cc2c(=O)c(C(=O)O)c[nH]c2c(Cc2ccc(C(F)(F)F)cc2)c1OC. The molecular formula is C20H16F3NO5. The quantitative estimate of drug-likeness (QED) is 0.671. The third kappa shape index (κ3) is 3.75. The van der Waals surface area contributed by atoms with Crippen LogP contribution in [-0.2, 0) is 12.6 Å². The fourth-order valence-corrected chi connectivity index (χ4v) is 3.11. The van der Waals surface area contributed by atoms with E-state index in [9.17, 15) is 27.9 Å². The van der Waals surface area contributed by atoms with Gasteiger partial charge in [0, 0.05) is 18.2 Å². The van der Waals surface area contributed by atoms with E-state index in [-0.39, 0.29) is 17.6 Å². The van der Waals surface area contributed by atoms with Crippen LogP contribution in [0, 0.1) is 0 Å². The third-order valence-corrected chi connectivity index (χ3v) is 4.51. The van der Waals surface area contributed by atoms with E-state index >= 15 is 0 Å². The molecule has 0 aliphatic rings. The van der Waals surface area contributed by atoms with Crippen molar-refractivity contribution in [1.82, 2.24) is 4.98 Å². The Morgan fingerprint density at radius 3 is 2.31 bits per heavy atom. The number of hydrogen-bond acceptors (Lipinski definition) is 4. The summed E-state index contributed by atoms with van der Waals surface area (Å²) < 4.78 is 49.1. The molecule has 0 amide bonds. The number of fused-ring (bicyclic) bond motifs is 1. The monoisotopic (exact) mass is 407 g/mol. The van der Waals surface area contributed by atoms with E-state index in [0.29, 0.717) is 22.4 Å². The number of methoxy groups -OCH3 is 2. The Bertz CT molecular complexity index is 1130. The van der Waals surface area contributed by atoms with Crippen LogP contribution < -0.4 is 14.9 Å². The van der Waals surface area contributed by atoms with Gasteiger partial charge >= 0.3 is 12.1 Å². The summed E-state index contributed by atoms with van der Waals surface area (Å²) in [6, 6.07) is 5.97. The minimum absolute atomic E-state index is 0.0736. The Morgan fingerprint density at radius 1 is 1.14 bits per heavy atom. The molecule has 0 unspecified atom stereocenters. The zero-order valence-corrected chi connectivity index (χ0v) is 15.4. The Balaban J connectivity index is 2.20. The second-order valence-electron chi connectivity index (χ2n) is 6.22. The summed E-state index contributed by atoms with van der Waals surface area (Å²) in [5.41, 5.74) is -0.614. The van der Waals surface area contributed by atoms with Crippen LogP contribution in [0.5, 0.6) is 11.5 Å². The summed E-state index contributed by atoms with van der Waals surface area (Å²) in [6.07, 6.45) is -3.25. The van der Waals surface area contributed by atoms with E-state index < -0.39 is 28.7 Å². The van der Waals surface area contributed by atoms with Crippen molar-refractivity contribution in [3.8, 4) is 11.5 Å². The van der Waals surface area contributed by atoms with Gasteiger partial charge in [0.1, 0.15) is 5.56 Å². The lowest BCUT2D eigenvalue weighted by atomic mass is 9.98. The van der Waals surface area contributed by atoms with Gasteiger partial charge in [-0.2, -0.15) is 13.2 Å². The topological polar surface area (TPSA) is 88.6 Å². The smallest absolute Gasteiger partial charge is 0.416 e. The molecule has 29 heavy (non-hydrogen) atoms. The lowest BCUT2D eigenvalue weighted by molar-refractivity contribution is -0.137. The Kier molecular flexibility index (Phi) is 5.23. The van der Waals surface area contributed by atoms with Crippen molar-refractivity contribution < 1.29 is 32.5 Å². The summed E-state index contributed by atoms with van der Waals surface area (Å²) in [5, 5.41) is 9.25. The van der Waals surface area contributed by atoms with E-state index in [1.165, 1.54) is 32.4 Å². The zero-order valence-electron chi connectivity index (χ0n) is 15.4. The summed E-state index contributed by atoms with van der Waals surface area (Å²) in [6.45, 7) is 0. The minimum Gasteiger partial charge on any atom is -0.493 e. The number of aromatic amines is 1. The van der Waals surface area contributed by atoms with E-state index in [4.69, 9.17) is 9.47 Å². The number of hydrogen-bond donors (Lipinski definition) is 2. The molecule has 0 saturated carbocycles. The molecule has 2 N–H and O–H groups in total. The lowest BCUT2D eigenvalue weighted by Crippen LogP contribution is -2.16. The average Bonchev–Trinajstić information content (AvgIpc) is 2.67. The first kappa shape index (κ1) is 20.2. The summed E-state index contributed by atoms with van der Waals surface area (Å²) >= 11 is 0. The maximum absolute atomic E-state index is 12.8. The number of aromatic nitrogens is 1. The van der Waals surface area contributed by atoms with Crippen molar-refractivity contribution in [2.24, 2.45) is 0 Å². The first-order valence-electron chi connectivity index (χ1n) is 8.36. The molecule has 2 aromatic carbocycles. The predicted octanol–water partition coefficient (Wildman–Crippen LogP) is 3.85. The third-order valence-electron chi connectivity index (χ3n) is 4.51. The van der Waals surface area contributed by atoms with Crippen LogP contribution in [0.15, 0.2) is 41.3 Å². The Labute approximate surface area is 162 Å². The van der Waals surface area contributed by atoms with E-state index in [0.717, 1.165) is 18.3 Å². The first-order valence-corrected chi connectivity index (χ1v) is 8.36. The van der Waals surface area contributed by atoms with Crippen LogP contribution >= 0.6 is 0 Å². The van der Waals surface area contributed by atoms with Crippen LogP contribution in [0.2, 0.25) is 0 Å². The van der Waals surface area contributed by atoms with Crippen LogP contribution in [0.3, 0.4) is 0 Å². The molecule has 6 nitrogen and oxygen atoms in total. The maximum atomic E-state index is 12.8. The van der Waals surface area contributed by atoms with Crippen LogP contribution in [-0.4, -0.2) is 30.3 Å². The van der Waals surface area contributed by atoms with Crippen LogP contribution in [0.4, 0.5) is 13.2 Å². The van der Waals surface area contributed by atoms with Gasteiger partial charge in [0.05, 0.1) is 30.7 Å². The van der Waals surface area contributed by atoms with Crippen LogP contribution in [0.25, 0.3) is 10.9 Å². The van der Waals surface area contributed by atoms with Gasteiger partial charge in [-0.05, 0) is 23.8 Å². The van der Waals surface area contributed by atoms with Gasteiger partial charge in [0.25, 0.3) is 0 Å². The van der Waals surface area contributed by atoms with Crippen molar-refractivity contribution in [3.05, 3.63) is 69.0 Å². The molecule has 152 valence electrons. The maximum Gasteiger partial charge on any atom is 0.416 e. The number of carboxylic acids is 1. The molecule has 1 aromatic heterocycles. The van der Waals surface area contributed by atoms with E-state index in [2.05, 4.69) is 4.98 Å². The van der Waals surface area contributed by atoms with Gasteiger partial charge in [0.15, 0.2) is 11.5 Å². The second kappa shape index (κ2) is 7.50. The zero-order chi connectivity index (χ0) is 21.3. The molecule has 0 saturated heterocycles. The molecule has 0 aliphatic carbocycles. The number of aromatic carboxylic acids is 1. The highest BCUT2D eigenvalue weighted by Crippen LogP contribution is 2.37. The van der Waals surface area contributed by atoms with Crippen molar-refractivity contribution in [2.75, 3.05) is 14.2 Å². The largest absolute Gasteiger partial charge is 0.493 e. The number of H-pyrrole nitrogens is 1. The highest BCUT2D eigenvalue weighted by molar-refractivity contribution is 5.94. The highest BCUT2D eigenvalue weighted by Gasteiger charge is 2.30. The molecule has 0 atom stereocenters. The number of carbonyl (C=O) groups is 1. The molecule has 3 rings (SSSR count). The van der Waals surface area contributed by atoms with Crippen LogP contribution in [0.1, 0.15) is 27.0 Å². The van der Waals surface area contributed by atoms with Gasteiger partial charge in [-0.3, -0.25) is 4.79 Å². The molecule has 0 spiro atoms. The number of carboxylic acid groups (broad SMARTS) is 1. The average molecular weight is 407 g/mol. The van der Waals surface area contributed by atoms with Crippen molar-refractivity contribution in [3.63, 3.8) is 0 Å². The minimum atomic E-state index is -4.45. The fourth-order valence-electron chi connectivity index (χ4n) is 3.11. The van der Waals surface area contributed by atoms with Gasteiger partial charge in [-0.1, -0.05) is 12.1 Å². The Hall–Kier alpha value is -3.49.